The van der Waals surface area contributed by atoms with E-state index >= 15 is 0 Å². The van der Waals surface area contributed by atoms with Crippen molar-refractivity contribution >= 4 is 43.5 Å². The van der Waals surface area contributed by atoms with Gasteiger partial charge in [0.25, 0.3) is 10.0 Å². The monoisotopic (exact) mass is 585 g/mol. The minimum atomic E-state index is -4.07. The zero-order valence-corrected chi connectivity index (χ0v) is 23.6. The van der Waals surface area contributed by atoms with Crippen LogP contribution in [0, 0.1) is 6.92 Å². The first kappa shape index (κ1) is 28.4. The van der Waals surface area contributed by atoms with E-state index in [0.29, 0.717) is 12.2 Å². The number of nitrogens with one attached hydrogen (secondary N) is 1. The van der Waals surface area contributed by atoms with Gasteiger partial charge < -0.3 is 10.2 Å². The number of halogens is 1. The average Bonchev–Trinajstić information content (AvgIpc) is 2.89. The average molecular weight is 587 g/mol. The van der Waals surface area contributed by atoms with E-state index < -0.39 is 28.5 Å². The van der Waals surface area contributed by atoms with Crippen LogP contribution in [0.2, 0.25) is 0 Å². The molecule has 0 radical (unpaired) electrons. The number of rotatable bonds is 11. The molecular formula is C28H32BrN3O4S. The number of amides is 2. The molecule has 9 heteroatoms. The van der Waals surface area contributed by atoms with E-state index in [9.17, 15) is 18.0 Å². The molecule has 2 amide bonds. The van der Waals surface area contributed by atoms with Crippen molar-refractivity contribution in [3.63, 3.8) is 0 Å². The smallest absolute Gasteiger partial charge is 0.264 e. The Kier molecular flexibility index (Phi) is 9.88. The molecule has 0 saturated carbocycles. The lowest BCUT2D eigenvalue weighted by atomic mass is 10.1. The number of carbonyl (C=O) groups is 2. The highest BCUT2D eigenvalue weighted by molar-refractivity contribution is 9.10. The number of benzene rings is 3. The van der Waals surface area contributed by atoms with Gasteiger partial charge in [-0.1, -0.05) is 70.9 Å². The number of aryl methyl sites for hydroxylation is 1. The fraction of sp³-hybridized carbons (Fsp3) is 0.286. The van der Waals surface area contributed by atoms with E-state index in [4.69, 9.17) is 0 Å². The number of hydrogen-bond acceptors (Lipinski definition) is 4. The number of hydrogen-bond donors (Lipinski definition) is 1. The van der Waals surface area contributed by atoms with Crippen LogP contribution in [0.15, 0.2) is 88.2 Å². The first-order valence-electron chi connectivity index (χ1n) is 12.1. The van der Waals surface area contributed by atoms with Crippen molar-refractivity contribution in [3.05, 3.63) is 94.5 Å². The molecule has 0 saturated heterocycles. The minimum absolute atomic E-state index is 0.0738. The quantitative estimate of drug-likeness (QED) is 0.347. The third-order valence-electron chi connectivity index (χ3n) is 5.88. The van der Waals surface area contributed by atoms with Gasteiger partial charge in [-0.25, -0.2) is 8.42 Å². The minimum Gasteiger partial charge on any atom is -0.354 e. The summed E-state index contributed by atoms with van der Waals surface area (Å²) in [4.78, 5) is 28.2. The zero-order chi connectivity index (χ0) is 27.0. The van der Waals surface area contributed by atoms with Gasteiger partial charge in [0, 0.05) is 17.6 Å². The normalized spacial score (nSPS) is 12.0. The van der Waals surface area contributed by atoms with Gasteiger partial charge in [0.15, 0.2) is 0 Å². The predicted molar refractivity (Wildman–Crippen MR) is 150 cm³/mol. The molecule has 1 unspecified atom stereocenters. The van der Waals surface area contributed by atoms with Gasteiger partial charge in [0.1, 0.15) is 12.6 Å². The Bertz CT molecular complexity index is 1310. The van der Waals surface area contributed by atoms with Crippen LogP contribution in [-0.4, -0.2) is 44.3 Å². The summed E-state index contributed by atoms with van der Waals surface area (Å²) in [6.45, 7) is 5.76. The summed E-state index contributed by atoms with van der Waals surface area (Å²) in [6, 6.07) is 21.6. The van der Waals surface area contributed by atoms with Gasteiger partial charge in [-0.3, -0.25) is 13.9 Å². The topological polar surface area (TPSA) is 86.8 Å². The fourth-order valence-electron chi connectivity index (χ4n) is 3.84. The molecule has 196 valence electrons. The highest BCUT2D eigenvalue weighted by atomic mass is 79.9. The first-order valence-corrected chi connectivity index (χ1v) is 14.3. The van der Waals surface area contributed by atoms with Crippen molar-refractivity contribution in [1.29, 1.82) is 0 Å². The van der Waals surface area contributed by atoms with Gasteiger partial charge in [0.2, 0.25) is 11.8 Å². The Morgan fingerprint density at radius 2 is 1.65 bits per heavy atom. The number of anilines is 1. The first-order chi connectivity index (χ1) is 17.6. The van der Waals surface area contributed by atoms with Gasteiger partial charge in [0.05, 0.1) is 10.6 Å². The third-order valence-corrected chi connectivity index (χ3v) is 8.19. The summed E-state index contributed by atoms with van der Waals surface area (Å²) in [5.41, 5.74) is 2.22. The molecule has 1 N–H and O–H groups in total. The van der Waals surface area contributed by atoms with E-state index in [2.05, 4.69) is 21.2 Å². The molecule has 0 heterocycles. The van der Waals surface area contributed by atoms with Crippen LogP contribution in [0.1, 0.15) is 31.4 Å². The van der Waals surface area contributed by atoms with Crippen LogP contribution < -0.4 is 9.62 Å². The standard InChI is InChI=1S/C28H32BrN3O4S/c1-4-17-30-28(34)22(3)31(19-23-10-8-9-21(2)18-23)27(33)20-32(25-15-13-24(29)14-16-25)37(35,36)26-11-6-5-7-12-26/h5-16,18,22H,4,17,19-20H2,1-3H3,(H,30,34). The molecule has 0 fully saturated rings. The Hall–Kier alpha value is -3.17. The number of carbonyl (C=O) groups excluding carboxylic acids is 2. The zero-order valence-electron chi connectivity index (χ0n) is 21.2. The molecule has 0 bridgehead atoms. The van der Waals surface area contributed by atoms with Crippen molar-refractivity contribution in [2.75, 3.05) is 17.4 Å². The second kappa shape index (κ2) is 12.9. The van der Waals surface area contributed by atoms with Crippen molar-refractivity contribution in [3.8, 4) is 0 Å². The third kappa shape index (κ3) is 7.42. The van der Waals surface area contributed by atoms with Gasteiger partial charge in [-0.05, 0) is 62.2 Å². The molecule has 3 aromatic carbocycles. The Morgan fingerprint density at radius 1 is 0.973 bits per heavy atom. The Labute approximate surface area is 227 Å². The maximum atomic E-state index is 13.8. The largest absolute Gasteiger partial charge is 0.354 e. The Morgan fingerprint density at radius 3 is 2.27 bits per heavy atom. The number of nitrogens with zero attached hydrogens (tertiary/aromatic N) is 2. The van der Waals surface area contributed by atoms with E-state index in [1.165, 1.54) is 17.0 Å². The van der Waals surface area contributed by atoms with Crippen LogP contribution in [-0.2, 0) is 26.2 Å². The van der Waals surface area contributed by atoms with Gasteiger partial charge in [-0.2, -0.15) is 0 Å². The number of sulfonamides is 1. The molecular weight excluding hydrogens is 554 g/mol. The molecule has 37 heavy (non-hydrogen) atoms. The van der Waals surface area contributed by atoms with Crippen LogP contribution in [0.4, 0.5) is 5.69 Å². The maximum Gasteiger partial charge on any atom is 0.264 e. The second-order valence-electron chi connectivity index (χ2n) is 8.78. The summed E-state index contributed by atoms with van der Waals surface area (Å²) in [6.07, 6.45) is 0.761. The fourth-order valence-corrected chi connectivity index (χ4v) is 5.54. The van der Waals surface area contributed by atoms with Crippen molar-refractivity contribution in [2.24, 2.45) is 0 Å². The lowest BCUT2D eigenvalue weighted by Crippen LogP contribution is -2.51. The summed E-state index contributed by atoms with van der Waals surface area (Å²) in [7, 11) is -4.07. The van der Waals surface area contributed by atoms with Crippen LogP contribution >= 0.6 is 15.9 Å². The van der Waals surface area contributed by atoms with Crippen LogP contribution in [0.25, 0.3) is 0 Å². The van der Waals surface area contributed by atoms with E-state index in [0.717, 1.165) is 26.3 Å². The van der Waals surface area contributed by atoms with E-state index in [-0.39, 0.29) is 17.3 Å². The molecule has 0 aliphatic rings. The molecule has 1 atom stereocenters. The molecule has 3 rings (SSSR count). The highest BCUT2D eigenvalue weighted by Crippen LogP contribution is 2.26. The summed E-state index contributed by atoms with van der Waals surface area (Å²) < 4.78 is 29.2. The van der Waals surface area contributed by atoms with E-state index in [1.807, 2.05) is 38.1 Å². The molecule has 3 aromatic rings. The molecule has 0 spiro atoms. The SMILES string of the molecule is CCCNC(=O)C(C)N(Cc1cccc(C)c1)C(=O)CN(c1ccc(Br)cc1)S(=O)(=O)c1ccccc1. The summed E-state index contributed by atoms with van der Waals surface area (Å²) in [5, 5.41) is 2.84. The summed E-state index contributed by atoms with van der Waals surface area (Å²) >= 11 is 3.37. The lowest BCUT2D eigenvalue weighted by Gasteiger charge is -2.32. The van der Waals surface area contributed by atoms with Gasteiger partial charge in [-0.15, -0.1) is 0 Å². The Balaban J connectivity index is 2.00. The maximum absolute atomic E-state index is 13.8. The molecule has 0 aromatic heterocycles. The molecule has 0 aliphatic carbocycles. The van der Waals surface area contributed by atoms with Crippen LogP contribution in [0.3, 0.4) is 0 Å². The predicted octanol–water partition coefficient (Wildman–Crippen LogP) is 4.90. The van der Waals surface area contributed by atoms with Crippen molar-refractivity contribution in [2.45, 2.75) is 44.7 Å². The molecule has 7 nitrogen and oxygen atoms in total. The lowest BCUT2D eigenvalue weighted by molar-refractivity contribution is -0.139. The van der Waals surface area contributed by atoms with E-state index in [1.54, 1.807) is 49.4 Å². The highest BCUT2D eigenvalue weighted by Gasteiger charge is 2.32. The summed E-state index contributed by atoms with van der Waals surface area (Å²) in [5.74, 6) is -0.771. The van der Waals surface area contributed by atoms with Crippen molar-refractivity contribution in [1.82, 2.24) is 10.2 Å². The second-order valence-corrected chi connectivity index (χ2v) is 11.6. The van der Waals surface area contributed by atoms with Gasteiger partial charge >= 0.3 is 0 Å². The molecule has 0 aliphatic heterocycles. The van der Waals surface area contributed by atoms with Crippen LogP contribution in [0.5, 0.6) is 0 Å². The van der Waals surface area contributed by atoms with Crippen molar-refractivity contribution < 1.29 is 18.0 Å².